The standard InChI is InChI=1S/C18H21N5O3S/c1-2-13-7-14-16(23-6-5-22-4-3-19-15(22)8-23)20-18(21-17(14)27-13)26-11-12(9-24)10-25/h3-4,7,9,12,25H,2,5-6,8,10-11H2,1H3. The van der Waals surface area contributed by atoms with E-state index < -0.39 is 5.92 Å². The molecule has 0 saturated carbocycles. The van der Waals surface area contributed by atoms with Gasteiger partial charge in [0.25, 0.3) is 0 Å². The van der Waals surface area contributed by atoms with Gasteiger partial charge in [-0.2, -0.15) is 9.97 Å². The van der Waals surface area contributed by atoms with Gasteiger partial charge in [-0.05, 0) is 12.5 Å². The van der Waals surface area contributed by atoms with Crippen LogP contribution in [0, 0.1) is 5.92 Å². The van der Waals surface area contributed by atoms with Crippen LogP contribution in [-0.4, -0.2) is 50.7 Å². The van der Waals surface area contributed by atoms with Crippen molar-refractivity contribution in [2.45, 2.75) is 26.4 Å². The summed E-state index contributed by atoms with van der Waals surface area (Å²) in [5.41, 5.74) is 0. The van der Waals surface area contributed by atoms with Crippen LogP contribution in [0.5, 0.6) is 6.01 Å². The van der Waals surface area contributed by atoms with Crippen LogP contribution in [0.2, 0.25) is 0 Å². The molecule has 27 heavy (non-hydrogen) atoms. The molecule has 0 radical (unpaired) electrons. The van der Waals surface area contributed by atoms with E-state index in [-0.39, 0.29) is 19.2 Å². The minimum Gasteiger partial charge on any atom is -0.463 e. The minimum atomic E-state index is -0.579. The number of rotatable bonds is 7. The number of fused-ring (bicyclic) bond motifs is 2. The Kier molecular flexibility index (Phi) is 5.04. The first kappa shape index (κ1) is 17.9. The van der Waals surface area contributed by atoms with Crippen molar-refractivity contribution in [2.75, 3.05) is 24.7 Å². The van der Waals surface area contributed by atoms with Crippen LogP contribution in [-0.2, 0) is 24.3 Å². The van der Waals surface area contributed by atoms with E-state index in [2.05, 4.69) is 37.4 Å². The van der Waals surface area contributed by atoms with E-state index in [1.165, 1.54) is 4.88 Å². The molecular weight excluding hydrogens is 366 g/mol. The first-order valence-corrected chi connectivity index (χ1v) is 9.77. The Hall–Kier alpha value is -2.52. The second kappa shape index (κ2) is 7.61. The van der Waals surface area contributed by atoms with Gasteiger partial charge < -0.3 is 24.1 Å². The molecule has 1 atom stereocenters. The quantitative estimate of drug-likeness (QED) is 0.616. The van der Waals surface area contributed by atoms with Crippen LogP contribution in [0.15, 0.2) is 18.5 Å². The molecule has 3 aromatic heterocycles. The number of aromatic nitrogens is 4. The molecule has 3 aromatic rings. The third-order valence-electron chi connectivity index (χ3n) is 4.65. The number of carbonyl (C=O) groups excluding carboxylic acids is 1. The number of carbonyl (C=O) groups is 1. The number of nitrogens with zero attached hydrogens (tertiary/aromatic N) is 5. The molecule has 1 aliphatic rings. The number of anilines is 1. The van der Waals surface area contributed by atoms with Gasteiger partial charge in [-0.1, -0.05) is 6.92 Å². The first-order chi connectivity index (χ1) is 13.2. The fourth-order valence-electron chi connectivity index (χ4n) is 3.09. The molecule has 0 fully saturated rings. The lowest BCUT2D eigenvalue weighted by Crippen LogP contribution is -2.34. The van der Waals surface area contributed by atoms with E-state index in [1.54, 1.807) is 11.3 Å². The summed E-state index contributed by atoms with van der Waals surface area (Å²) < 4.78 is 7.78. The molecule has 0 aliphatic carbocycles. The Bertz CT molecular complexity index is 954. The van der Waals surface area contributed by atoms with Crippen LogP contribution in [0.25, 0.3) is 10.2 Å². The van der Waals surface area contributed by atoms with Gasteiger partial charge in [-0.3, -0.25) is 0 Å². The van der Waals surface area contributed by atoms with Crippen LogP contribution >= 0.6 is 11.3 Å². The second-order valence-electron chi connectivity index (χ2n) is 6.46. The van der Waals surface area contributed by atoms with Gasteiger partial charge in [-0.25, -0.2) is 4.98 Å². The fourth-order valence-corrected chi connectivity index (χ4v) is 4.04. The molecule has 4 heterocycles. The molecule has 1 N–H and O–H groups in total. The number of hydrogen-bond donors (Lipinski definition) is 1. The normalized spacial score (nSPS) is 15.0. The van der Waals surface area contributed by atoms with E-state index in [9.17, 15) is 9.90 Å². The van der Waals surface area contributed by atoms with Crippen molar-refractivity contribution >= 4 is 33.7 Å². The van der Waals surface area contributed by atoms with Gasteiger partial charge >= 0.3 is 6.01 Å². The molecule has 0 saturated heterocycles. The molecular formula is C18H21N5O3S. The molecule has 1 aliphatic heterocycles. The minimum absolute atomic E-state index is 0.0569. The first-order valence-electron chi connectivity index (χ1n) is 8.96. The smallest absolute Gasteiger partial charge is 0.319 e. The summed E-state index contributed by atoms with van der Waals surface area (Å²) in [6.45, 7) is 4.25. The van der Waals surface area contributed by atoms with E-state index in [4.69, 9.17) is 4.74 Å². The van der Waals surface area contributed by atoms with Gasteiger partial charge in [0, 0.05) is 30.4 Å². The Labute approximate surface area is 160 Å². The third kappa shape index (κ3) is 3.52. The van der Waals surface area contributed by atoms with Gasteiger partial charge in [-0.15, -0.1) is 11.3 Å². The molecule has 142 valence electrons. The Balaban J connectivity index is 1.69. The predicted molar refractivity (Wildman–Crippen MR) is 102 cm³/mol. The summed E-state index contributed by atoms with van der Waals surface area (Å²) >= 11 is 1.63. The molecule has 0 bridgehead atoms. The molecule has 0 amide bonds. The highest BCUT2D eigenvalue weighted by molar-refractivity contribution is 7.18. The monoisotopic (exact) mass is 387 g/mol. The summed E-state index contributed by atoms with van der Waals surface area (Å²) in [6.07, 6.45) is 5.42. The molecule has 4 rings (SSSR count). The van der Waals surface area contributed by atoms with Crippen molar-refractivity contribution in [3.8, 4) is 6.01 Å². The van der Waals surface area contributed by atoms with Gasteiger partial charge in [0.05, 0.1) is 24.5 Å². The second-order valence-corrected chi connectivity index (χ2v) is 7.58. The lowest BCUT2D eigenvalue weighted by atomic mass is 10.2. The average Bonchev–Trinajstić information content (AvgIpc) is 3.33. The highest BCUT2D eigenvalue weighted by Crippen LogP contribution is 2.34. The highest BCUT2D eigenvalue weighted by Gasteiger charge is 2.23. The number of ether oxygens (including phenoxy) is 1. The van der Waals surface area contributed by atoms with Crippen molar-refractivity contribution in [1.82, 2.24) is 19.5 Å². The van der Waals surface area contributed by atoms with E-state index >= 15 is 0 Å². The Morgan fingerprint density at radius 1 is 1.41 bits per heavy atom. The lowest BCUT2D eigenvalue weighted by Gasteiger charge is -2.29. The number of thiophene rings is 1. The average molecular weight is 387 g/mol. The summed E-state index contributed by atoms with van der Waals surface area (Å²) in [7, 11) is 0. The van der Waals surface area contributed by atoms with E-state index in [0.717, 1.165) is 41.4 Å². The van der Waals surface area contributed by atoms with Gasteiger partial charge in [0.1, 0.15) is 29.4 Å². The van der Waals surface area contributed by atoms with E-state index in [1.807, 2.05) is 12.4 Å². The molecule has 0 spiro atoms. The van der Waals surface area contributed by atoms with Crippen molar-refractivity contribution in [1.29, 1.82) is 0 Å². The predicted octanol–water partition coefficient (Wildman–Crippen LogP) is 1.66. The van der Waals surface area contributed by atoms with Gasteiger partial charge in [0.15, 0.2) is 0 Å². The molecule has 8 nitrogen and oxygen atoms in total. The molecule has 9 heteroatoms. The number of aryl methyl sites for hydroxylation is 1. The van der Waals surface area contributed by atoms with Crippen molar-refractivity contribution in [2.24, 2.45) is 5.92 Å². The van der Waals surface area contributed by atoms with Crippen molar-refractivity contribution in [3.63, 3.8) is 0 Å². The number of hydrogen-bond acceptors (Lipinski definition) is 8. The SMILES string of the molecule is CCc1cc2c(N3CCn4ccnc4C3)nc(OCC(C=O)CO)nc2s1. The summed E-state index contributed by atoms with van der Waals surface area (Å²) in [4.78, 5) is 28.8. The van der Waals surface area contributed by atoms with Gasteiger partial charge in [0.2, 0.25) is 0 Å². The fraction of sp³-hybridized carbons (Fsp3) is 0.444. The maximum atomic E-state index is 10.9. The van der Waals surface area contributed by atoms with Crippen molar-refractivity contribution < 1.29 is 14.6 Å². The highest BCUT2D eigenvalue weighted by atomic mass is 32.1. The number of aldehydes is 1. The summed E-state index contributed by atoms with van der Waals surface area (Å²) in [5, 5.41) is 10.2. The Morgan fingerprint density at radius 2 is 2.30 bits per heavy atom. The zero-order valence-corrected chi connectivity index (χ0v) is 15.9. The van der Waals surface area contributed by atoms with Crippen LogP contribution in [0.1, 0.15) is 17.6 Å². The maximum absolute atomic E-state index is 10.9. The topological polar surface area (TPSA) is 93.4 Å². The number of imidazole rings is 1. The summed E-state index contributed by atoms with van der Waals surface area (Å²) in [5.74, 6) is 1.25. The van der Waals surface area contributed by atoms with Crippen molar-refractivity contribution in [3.05, 3.63) is 29.2 Å². The number of aliphatic hydroxyl groups is 1. The van der Waals surface area contributed by atoms with Crippen LogP contribution in [0.3, 0.4) is 0 Å². The Morgan fingerprint density at radius 3 is 3.07 bits per heavy atom. The van der Waals surface area contributed by atoms with Crippen LogP contribution < -0.4 is 9.64 Å². The number of aliphatic hydroxyl groups excluding tert-OH is 1. The lowest BCUT2D eigenvalue weighted by molar-refractivity contribution is -0.113. The molecule has 0 aromatic carbocycles. The van der Waals surface area contributed by atoms with E-state index in [0.29, 0.717) is 12.8 Å². The zero-order chi connectivity index (χ0) is 18.8. The third-order valence-corrected chi connectivity index (χ3v) is 5.82. The maximum Gasteiger partial charge on any atom is 0.319 e. The summed E-state index contributed by atoms with van der Waals surface area (Å²) in [6, 6.07) is 2.37. The largest absolute Gasteiger partial charge is 0.463 e. The van der Waals surface area contributed by atoms with Crippen LogP contribution in [0.4, 0.5) is 5.82 Å². The molecule has 1 unspecified atom stereocenters. The zero-order valence-electron chi connectivity index (χ0n) is 15.0.